The number of carbonyl (C=O) groups is 1. The van der Waals surface area contributed by atoms with Crippen molar-refractivity contribution in [3.05, 3.63) is 76.3 Å². The monoisotopic (exact) mass is 582 g/mol. The lowest BCUT2D eigenvalue weighted by atomic mass is 10.0. The number of aryl methyl sites for hydroxylation is 1. The number of halogens is 2. The number of thioether (sulfide) groups is 1. The van der Waals surface area contributed by atoms with E-state index in [1.807, 2.05) is 25.1 Å². The number of alkyl halides is 1. The number of esters is 1. The number of hydrogen-bond donors (Lipinski definition) is 0. The predicted molar refractivity (Wildman–Crippen MR) is 139 cm³/mol. The van der Waals surface area contributed by atoms with E-state index in [4.69, 9.17) is 21.1 Å². The molecule has 168 valence electrons. The van der Waals surface area contributed by atoms with Gasteiger partial charge in [0, 0.05) is 26.8 Å². The fourth-order valence-electron chi connectivity index (χ4n) is 3.08. The van der Waals surface area contributed by atoms with E-state index in [9.17, 15) is 4.79 Å². The quantitative estimate of drug-likeness (QED) is 0.117. The lowest BCUT2D eigenvalue weighted by Crippen LogP contribution is -2.13. The number of hydrogen-bond acceptors (Lipinski definition) is 5. The third-order valence-electron chi connectivity index (χ3n) is 4.88. The Hall–Kier alpha value is -1.90. The molecule has 0 saturated carbocycles. The van der Waals surface area contributed by atoms with Crippen LogP contribution in [-0.2, 0) is 19.7 Å². The number of carbonyl (C=O) groups excluding carboxylic acids is 1. The molecule has 0 aliphatic carbocycles. The molecule has 0 heterocycles. The van der Waals surface area contributed by atoms with Gasteiger partial charge < -0.3 is 14.2 Å². The Morgan fingerprint density at radius 3 is 2.34 bits per heavy atom. The van der Waals surface area contributed by atoms with Gasteiger partial charge in [0.05, 0.1) is 19.1 Å². The first-order valence-corrected chi connectivity index (χ1v) is 12.8. The minimum Gasteiger partial charge on any atom is -0.495 e. The van der Waals surface area contributed by atoms with Gasteiger partial charge in [-0.1, -0.05) is 70.6 Å². The van der Waals surface area contributed by atoms with Crippen LogP contribution in [0.1, 0.15) is 16.7 Å². The van der Waals surface area contributed by atoms with Crippen molar-refractivity contribution in [2.45, 2.75) is 22.0 Å². The highest BCUT2D eigenvalue weighted by molar-refractivity contribution is 14.1. The van der Waals surface area contributed by atoms with Gasteiger partial charge in [0.2, 0.25) is 0 Å². The molecule has 0 N–H and O–H groups in total. The molecular weight excluding hydrogens is 559 g/mol. The molecule has 7 heteroatoms. The van der Waals surface area contributed by atoms with Crippen molar-refractivity contribution in [2.75, 3.05) is 20.8 Å². The van der Waals surface area contributed by atoms with Crippen LogP contribution in [-0.4, -0.2) is 26.8 Å². The van der Waals surface area contributed by atoms with E-state index in [2.05, 4.69) is 63.7 Å². The van der Waals surface area contributed by atoms with Crippen molar-refractivity contribution in [2.24, 2.45) is 0 Å². The van der Waals surface area contributed by atoms with E-state index < -0.39 is 5.97 Å². The topological polar surface area (TPSA) is 44.8 Å². The zero-order valence-electron chi connectivity index (χ0n) is 18.1. The van der Waals surface area contributed by atoms with Crippen molar-refractivity contribution in [3.63, 3.8) is 0 Å². The van der Waals surface area contributed by atoms with Gasteiger partial charge in [-0.05, 0) is 41.3 Å². The molecule has 0 unspecified atom stereocenters. The smallest absolute Gasteiger partial charge is 0.343 e. The van der Waals surface area contributed by atoms with Crippen LogP contribution in [0.15, 0.2) is 59.5 Å². The molecule has 3 aromatic carbocycles. The molecule has 0 aromatic heterocycles. The molecule has 0 spiro atoms. The minimum atomic E-state index is -0.424. The van der Waals surface area contributed by atoms with Gasteiger partial charge in [0.15, 0.2) is 6.61 Å². The van der Waals surface area contributed by atoms with Crippen LogP contribution in [0.25, 0.3) is 11.1 Å². The summed E-state index contributed by atoms with van der Waals surface area (Å²) in [4.78, 5) is 12.4. The summed E-state index contributed by atoms with van der Waals surface area (Å²) in [6, 6.07) is 18.5. The molecule has 0 radical (unpaired) electrons. The summed E-state index contributed by atoms with van der Waals surface area (Å²) in [6.07, 6.45) is 0. The molecule has 0 saturated heterocycles. The molecule has 0 atom stereocenters. The zero-order valence-corrected chi connectivity index (χ0v) is 21.8. The lowest BCUT2D eigenvalue weighted by Gasteiger charge is -2.14. The van der Waals surface area contributed by atoms with Crippen LogP contribution in [0.4, 0.5) is 0 Å². The molecule has 3 aromatic rings. The van der Waals surface area contributed by atoms with Crippen molar-refractivity contribution >= 4 is 51.9 Å². The predicted octanol–water partition coefficient (Wildman–Crippen LogP) is 7.10. The van der Waals surface area contributed by atoms with Gasteiger partial charge in [-0.25, -0.2) is 4.79 Å². The van der Waals surface area contributed by atoms with Crippen LogP contribution < -0.4 is 9.47 Å². The second-order valence-corrected chi connectivity index (χ2v) is 9.25. The lowest BCUT2D eigenvalue weighted by molar-refractivity contribution is -0.142. The summed E-state index contributed by atoms with van der Waals surface area (Å²) < 4.78 is 16.7. The second kappa shape index (κ2) is 11.8. The van der Waals surface area contributed by atoms with E-state index in [1.165, 1.54) is 18.2 Å². The average Bonchev–Trinajstić information content (AvgIpc) is 2.82. The van der Waals surface area contributed by atoms with Crippen LogP contribution in [0.2, 0.25) is 5.02 Å². The Balaban J connectivity index is 1.70. The Morgan fingerprint density at radius 1 is 1.00 bits per heavy atom. The fraction of sp³-hybridized carbons (Fsp3) is 0.240. The highest BCUT2D eigenvalue weighted by Gasteiger charge is 2.12. The average molecular weight is 583 g/mol. The zero-order chi connectivity index (χ0) is 23.1. The van der Waals surface area contributed by atoms with Gasteiger partial charge in [0.25, 0.3) is 0 Å². The fourth-order valence-corrected chi connectivity index (χ4v) is 4.93. The third-order valence-corrected chi connectivity index (χ3v) is 7.18. The summed E-state index contributed by atoms with van der Waals surface area (Å²) in [7, 11) is 2.96. The maximum absolute atomic E-state index is 11.3. The summed E-state index contributed by atoms with van der Waals surface area (Å²) in [5, 5.41) is 0.774. The summed E-state index contributed by atoms with van der Waals surface area (Å²) in [5.41, 5.74) is 5.49. The van der Waals surface area contributed by atoms with Gasteiger partial charge in [0.1, 0.15) is 11.5 Å². The molecule has 0 bridgehead atoms. The number of ether oxygens (including phenoxy) is 3. The minimum absolute atomic E-state index is 0.135. The molecule has 3 rings (SSSR count). The maximum Gasteiger partial charge on any atom is 0.343 e. The van der Waals surface area contributed by atoms with Gasteiger partial charge in [-0.3, -0.25) is 0 Å². The Bertz CT molecular complexity index is 1090. The Morgan fingerprint density at radius 2 is 1.72 bits per heavy atom. The van der Waals surface area contributed by atoms with Crippen LogP contribution >= 0.6 is 46.0 Å². The van der Waals surface area contributed by atoms with E-state index >= 15 is 0 Å². The number of methoxy groups -OCH3 is 2. The van der Waals surface area contributed by atoms with E-state index in [1.54, 1.807) is 18.9 Å². The van der Waals surface area contributed by atoms with Crippen molar-refractivity contribution < 1.29 is 19.0 Å². The summed E-state index contributed by atoms with van der Waals surface area (Å²) in [6.45, 7) is 1.81. The first-order valence-electron chi connectivity index (χ1n) is 9.90. The standard InChI is InChI=1S/C25H24ClIO4S/c1-16-10-24(23(29-2)12-22(16)31-14-25(28)30-3)32-15-17-4-7-19(8-5-17)20-9-6-18(13-27)11-21(20)26/h4-12H,13-15H2,1-3H3. The largest absolute Gasteiger partial charge is 0.495 e. The molecule has 0 amide bonds. The maximum atomic E-state index is 11.3. The van der Waals surface area contributed by atoms with Crippen LogP contribution in [0.5, 0.6) is 11.5 Å². The van der Waals surface area contributed by atoms with Gasteiger partial charge in [-0.2, -0.15) is 0 Å². The van der Waals surface area contributed by atoms with Crippen LogP contribution in [0.3, 0.4) is 0 Å². The Kier molecular flexibility index (Phi) is 9.13. The van der Waals surface area contributed by atoms with Gasteiger partial charge in [-0.15, -0.1) is 11.8 Å². The molecule has 32 heavy (non-hydrogen) atoms. The molecule has 4 nitrogen and oxygen atoms in total. The number of benzene rings is 3. The number of rotatable bonds is 9. The van der Waals surface area contributed by atoms with Crippen LogP contribution in [0, 0.1) is 6.92 Å². The first-order chi connectivity index (χ1) is 15.4. The van der Waals surface area contributed by atoms with E-state index in [0.29, 0.717) is 11.5 Å². The Labute approximate surface area is 211 Å². The molecule has 0 aliphatic heterocycles. The van der Waals surface area contributed by atoms with Crippen molar-refractivity contribution in [3.8, 4) is 22.6 Å². The third kappa shape index (κ3) is 6.33. The molecular formula is C25H24ClIO4S. The SMILES string of the molecule is COC(=O)COc1cc(OC)c(SCc2ccc(-c3ccc(CI)cc3Cl)cc2)cc1C. The molecule has 0 aliphatic rings. The van der Waals surface area contributed by atoms with Gasteiger partial charge >= 0.3 is 5.97 Å². The van der Waals surface area contributed by atoms with E-state index in [0.717, 1.165) is 36.8 Å². The van der Waals surface area contributed by atoms with Crippen molar-refractivity contribution in [1.82, 2.24) is 0 Å². The normalized spacial score (nSPS) is 10.7. The molecule has 0 fully saturated rings. The summed E-state index contributed by atoms with van der Waals surface area (Å²) >= 11 is 10.5. The van der Waals surface area contributed by atoms with E-state index in [-0.39, 0.29) is 6.61 Å². The first kappa shape index (κ1) is 24.7. The van der Waals surface area contributed by atoms with Crippen molar-refractivity contribution in [1.29, 1.82) is 0 Å². The second-order valence-electron chi connectivity index (χ2n) is 7.07. The summed E-state index contributed by atoms with van der Waals surface area (Å²) in [5.74, 6) is 1.68. The highest BCUT2D eigenvalue weighted by Crippen LogP contribution is 2.37. The highest BCUT2D eigenvalue weighted by atomic mass is 127.